The van der Waals surface area contributed by atoms with Gasteiger partial charge in [0.2, 0.25) is 13.4 Å². The fraction of sp³-hybridized carbons (Fsp3) is 0. The monoisotopic (exact) mass is 572 g/mol. The number of benzene rings is 6. The predicted molar refractivity (Wildman–Crippen MR) is 183 cm³/mol. The highest BCUT2D eigenvalue weighted by Crippen LogP contribution is 2.45. The molecule has 190 valence electrons. The maximum Gasteiger partial charge on any atom is 0.246 e. The van der Waals surface area contributed by atoms with Crippen LogP contribution in [0.2, 0.25) is 0 Å². The minimum Gasteiger partial charge on any atom is -0.136 e. The first kappa shape index (κ1) is 24.0. The van der Waals surface area contributed by atoms with Crippen molar-refractivity contribution in [1.82, 2.24) is 0 Å². The molecule has 6 aromatic carbocycles. The van der Waals surface area contributed by atoms with Gasteiger partial charge in [0.15, 0.2) is 0 Å². The highest BCUT2D eigenvalue weighted by atomic mass is 32.2. The molecule has 7 aromatic rings. The van der Waals surface area contributed by atoms with Crippen molar-refractivity contribution < 1.29 is 0 Å². The molecule has 0 saturated carbocycles. The summed E-state index contributed by atoms with van der Waals surface area (Å²) in [6.45, 7) is 0.375. The van der Waals surface area contributed by atoms with Crippen LogP contribution in [0.3, 0.4) is 0 Å². The van der Waals surface area contributed by atoms with E-state index in [4.69, 9.17) is 0 Å². The smallest absolute Gasteiger partial charge is 0.136 e. The molecule has 9 rings (SSSR count). The van der Waals surface area contributed by atoms with Crippen molar-refractivity contribution in [2.75, 3.05) is 0 Å². The zero-order valence-corrected chi connectivity index (χ0v) is 24.5. The van der Waals surface area contributed by atoms with E-state index in [1.54, 1.807) is 0 Å². The minimum atomic E-state index is 0.183. The summed E-state index contributed by atoms with van der Waals surface area (Å²) in [4.78, 5) is 5.61. The second-order valence-electron chi connectivity index (χ2n) is 10.8. The van der Waals surface area contributed by atoms with Gasteiger partial charge in [0, 0.05) is 29.0 Å². The summed E-state index contributed by atoms with van der Waals surface area (Å²) >= 11 is 5.93. The Labute approximate surface area is 253 Å². The third-order valence-electron chi connectivity index (χ3n) is 8.53. The molecule has 0 radical (unpaired) electrons. The lowest BCUT2D eigenvalue weighted by molar-refractivity contribution is 1.30. The molecule has 2 aliphatic rings. The third-order valence-corrected chi connectivity index (χ3v) is 12.3. The number of thiophene rings is 1. The Kier molecular flexibility index (Phi) is 5.54. The number of rotatable bonds is 2. The second-order valence-corrected chi connectivity index (χ2v) is 13.9. The first-order chi connectivity index (χ1) is 20.4. The van der Waals surface area contributed by atoms with E-state index in [9.17, 15) is 0 Å². The van der Waals surface area contributed by atoms with Crippen LogP contribution in [0, 0.1) is 0 Å². The van der Waals surface area contributed by atoms with Gasteiger partial charge in [0.05, 0.1) is 0 Å². The predicted octanol–water partition coefficient (Wildman–Crippen LogP) is 6.02. The van der Waals surface area contributed by atoms with Gasteiger partial charge in [-0.05, 0) is 39.9 Å². The molecule has 0 fully saturated rings. The van der Waals surface area contributed by atoms with Crippen molar-refractivity contribution in [3.8, 4) is 0 Å². The van der Waals surface area contributed by atoms with Gasteiger partial charge in [0.1, 0.15) is 0 Å². The lowest BCUT2D eigenvalue weighted by Crippen LogP contribution is -2.59. The fourth-order valence-electron chi connectivity index (χ4n) is 6.84. The van der Waals surface area contributed by atoms with E-state index in [2.05, 4.69) is 133 Å². The van der Waals surface area contributed by atoms with Crippen molar-refractivity contribution in [1.29, 1.82) is 0 Å². The summed E-state index contributed by atoms with van der Waals surface area (Å²) in [5.41, 5.74) is 8.50. The molecule has 41 heavy (non-hydrogen) atoms. The molecule has 0 N–H and O–H groups in total. The van der Waals surface area contributed by atoms with Crippen LogP contribution in [0.5, 0.6) is 0 Å². The fourth-order valence-corrected chi connectivity index (χ4v) is 10.9. The van der Waals surface area contributed by atoms with Crippen molar-refractivity contribution >= 4 is 101 Å². The highest BCUT2D eigenvalue weighted by molar-refractivity contribution is 8.03. The van der Waals surface area contributed by atoms with Gasteiger partial charge in [-0.2, -0.15) is 0 Å². The Morgan fingerprint density at radius 3 is 1.56 bits per heavy atom. The van der Waals surface area contributed by atoms with Crippen LogP contribution in [0.15, 0.2) is 153 Å². The van der Waals surface area contributed by atoms with E-state index < -0.39 is 0 Å². The van der Waals surface area contributed by atoms with E-state index in [1.807, 2.05) is 34.9 Å². The Morgan fingerprint density at radius 2 is 0.927 bits per heavy atom. The van der Waals surface area contributed by atoms with Crippen molar-refractivity contribution in [3.05, 3.63) is 133 Å². The van der Waals surface area contributed by atoms with E-state index in [-0.39, 0.29) is 13.4 Å². The molecule has 3 heterocycles. The summed E-state index contributed by atoms with van der Waals surface area (Å²) in [6.07, 6.45) is 0. The molecule has 2 aliphatic heterocycles. The Balaban J connectivity index is 1.47. The van der Waals surface area contributed by atoms with Crippen LogP contribution in [0.4, 0.5) is 0 Å². The topological polar surface area (TPSA) is 0 Å². The molecule has 0 saturated heterocycles. The average molecular weight is 572 g/mol. The van der Waals surface area contributed by atoms with Gasteiger partial charge in [-0.1, -0.05) is 161 Å². The molecule has 0 unspecified atom stereocenters. The average Bonchev–Trinajstić information content (AvgIpc) is 3.43. The number of fused-ring (bicyclic) bond motifs is 10. The van der Waals surface area contributed by atoms with Crippen molar-refractivity contribution in [3.63, 3.8) is 0 Å². The molecule has 0 amide bonds. The summed E-state index contributed by atoms with van der Waals surface area (Å²) in [6, 6.07) is 49.5. The normalized spacial score (nSPS) is 13.6. The van der Waals surface area contributed by atoms with Crippen LogP contribution in [0.1, 0.15) is 0 Å². The molecule has 0 bridgehead atoms. The van der Waals surface area contributed by atoms with Gasteiger partial charge in [0.25, 0.3) is 0 Å². The number of hydrogen-bond acceptors (Lipinski definition) is 3. The van der Waals surface area contributed by atoms with Gasteiger partial charge in [-0.3, -0.25) is 0 Å². The maximum atomic E-state index is 2.35. The van der Waals surface area contributed by atoms with Crippen LogP contribution in [0.25, 0.3) is 20.2 Å². The SMILES string of the molecule is c1ccc(B2c3ccccc3Sc3c4c(c5c(sc6ccccc65)c32)B(c2ccccc2)c2ccccc2S4)cc1. The van der Waals surface area contributed by atoms with Crippen LogP contribution in [-0.2, 0) is 0 Å². The molecular weight excluding hydrogens is 550 g/mol. The quantitative estimate of drug-likeness (QED) is 0.233. The molecule has 5 heteroatoms. The van der Waals surface area contributed by atoms with Gasteiger partial charge in [-0.15, -0.1) is 11.3 Å². The Morgan fingerprint density at radius 1 is 0.439 bits per heavy atom. The summed E-state index contributed by atoms with van der Waals surface area (Å²) in [5, 5.41) is 2.82. The van der Waals surface area contributed by atoms with E-state index in [1.165, 1.54) is 72.5 Å². The molecule has 0 spiro atoms. The van der Waals surface area contributed by atoms with Gasteiger partial charge < -0.3 is 0 Å². The van der Waals surface area contributed by atoms with Crippen LogP contribution < -0.4 is 32.8 Å². The first-order valence-corrected chi connectivity index (χ1v) is 16.5. The second kappa shape index (κ2) is 9.46. The molecule has 0 nitrogen and oxygen atoms in total. The maximum absolute atomic E-state index is 2.35. The van der Waals surface area contributed by atoms with Gasteiger partial charge in [-0.25, -0.2) is 0 Å². The zero-order chi connectivity index (χ0) is 26.9. The number of hydrogen-bond donors (Lipinski definition) is 0. The molecule has 0 atom stereocenters. The van der Waals surface area contributed by atoms with E-state index in [0.29, 0.717) is 0 Å². The van der Waals surface area contributed by atoms with Crippen molar-refractivity contribution in [2.24, 2.45) is 0 Å². The van der Waals surface area contributed by atoms with Crippen LogP contribution in [-0.4, -0.2) is 13.4 Å². The zero-order valence-electron chi connectivity index (χ0n) is 22.1. The highest BCUT2D eigenvalue weighted by Gasteiger charge is 2.41. The summed E-state index contributed by atoms with van der Waals surface area (Å²) in [7, 11) is 0. The minimum absolute atomic E-state index is 0.183. The lowest BCUT2D eigenvalue weighted by Gasteiger charge is -2.34. The molecule has 0 aliphatic carbocycles. The third kappa shape index (κ3) is 3.59. The Bertz CT molecular complexity index is 2120. The summed E-state index contributed by atoms with van der Waals surface area (Å²) in [5.74, 6) is 0. The van der Waals surface area contributed by atoms with E-state index in [0.717, 1.165) is 0 Å². The lowest BCUT2D eigenvalue weighted by atomic mass is 9.34. The summed E-state index contributed by atoms with van der Waals surface area (Å²) < 4.78 is 2.81. The molecular formula is C36H22B2S3. The van der Waals surface area contributed by atoms with Crippen molar-refractivity contribution in [2.45, 2.75) is 19.6 Å². The van der Waals surface area contributed by atoms with Gasteiger partial charge >= 0.3 is 0 Å². The Hall–Kier alpha value is -3.63. The van der Waals surface area contributed by atoms with E-state index >= 15 is 0 Å². The van der Waals surface area contributed by atoms with Crippen LogP contribution >= 0.6 is 34.9 Å². The first-order valence-electron chi connectivity index (χ1n) is 14.0. The largest absolute Gasteiger partial charge is 0.246 e. The molecule has 1 aromatic heterocycles. The standard InChI is InChI=1S/C36H22B2S3/c1-3-13-23(14-4-1)37-26-18-8-11-21-29(26)40-35-32(37)31-25-17-7-10-20-28(25)39-34(31)33-36(35)41-30-22-12-9-19-27(30)38(33)24-15-5-2-6-16-24/h1-22H.